The second-order valence-corrected chi connectivity index (χ2v) is 7.34. The van der Waals surface area contributed by atoms with Gasteiger partial charge < -0.3 is 19.3 Å². The van der Waals surface area contributed by atoms with E-state index >= 15 is 0 Å². The van der Waals surface area contributed by atoms with Crippen molar-refractivity contribution in [1.29, 1.82) is 0 Å². The summed E-state index contributed by atoms with van der Waals surface area (Å²) in [5, 5.41) is 9.93. The minimum atomic E-state index is -4.25. The first kappa shape index (κ1) is 20.3. The summed E-state index contributed by atoms with van der Waals surface area (Å²) in [5.74, 6) is -1.38. The molecule has 1 aromatic rings. The molecule has 1 aromatic carbocycles. The third-order valence-corrected chi connectivity index (χ3v) is 4.91. The van der Waals surface area contributed by atoms with Crippen molar-refractivity contribution in [2.24, 2.45) is 0 Å². The topological polar surface area (TPSA) is 125 Å². The Labute approximate surface area is 150 Å². The predicted molar refractivity (Wildman–Crippen MR) is 86.3 cm³/mol. The molecule has 0 saturated carbocycles. The van der Waals surface area contributed by atoms with Crippen molar-refractivity contribution in [2.45, 2.75) is 50.3 Å². The molecule has 0 bridgehead atoms. The first-order valence-electron chi connectivity index (χ1n) is 7.74. The molecule has 1 aliphatic rings. The third-order valence-electron chi connectivity index (χ3n) is 3.59. The van der Waals surface area contributed by atoms with Crippen LogP contribution in [0.25, 0.3) is 0 Å². The summed E-state index contributed by atoms with van der Waals surface area (Å²) in [6, 6.07) is 5.91. The first-order chi connectivity index (χ1) is 12.1. The number of hydrogen-bond acceptors (Lipinski definition) is 9. The minimum absolute atomic E-state index is 0.114. The van der Waals surface area contributed by atoms with Crippen LogP contribution in [0.3, 0.4) is 0 Å². The zero-order valence-corrected chi connectivity index (χ0v) is 15.3. The Morgan fingerprint density at radius 3 is 2.27 bits per heavy atom. The average Bonchev–Trinajstić information content (AvgIpc) is 2.81. The van der Waals surface area contributed by atoms with Crippen LogP contribution in [0.1, 0.15) is 19.4 Å². The van der Waals surface area contributed by atoms with Crippen LogP contribution < -0.4 is 0 Å². The van der Waals surface area contributed by atoms with Crippen molar-refractivity contribution in [2.75, 3.05) is 6.61 Å². The van der Waals surface area contributed by atoms with Crippen molar-refractivity contribution in [3.63, 3.8) is 0 Å². The van der Waals surface area contributed by atoms with Gasteiger partial charge in [-0.15, -0.1) is 0 Å². The van der Waals surface area contributed by atoms with E-state index in [4.69, 9.17) is 18.4 Å². The number of aryl methyl sites for hydroxylation is 1. The lowest BCUT2D eigenvalue weighted by Gasteiger charge is -2.22. The van der Waals surface area contributed by atoms with E-state index in [0.29, 0.717) is 0 Å². The Morgan fingerprint density at radius 2 is 1.73 bits per heavy atom. The van der Waals surface area contributed by atoms with Crippen LogP contribution in [0, 0.1) is 6.92 Å². The number of carbonyl (C=O) groups is 2. The SMILES string of the molecule is CC(=O)OC[C@@H]1O[C@H](O)[C@H](OC(C)=O)[C@H]1OS(=O)(=O)c1ccc(C)cc1. The molecule has 1 N–H and O–H groups in total. The van der Waals surface area contributed by atoms with Crippen molar-refractivity contribution in [3.8, 4) is 0 Å². The van der Waals surface area contributed by atoms with E-state index in [2.05, 4.69) is 0 Å². The zero-order chi connectivity index (χ0) is 19.5. The van der Waals surface area contributed by atoms with Gasteiger partial charge in [0.2, 0.25) is 0 Å². The Balaban J connectivity index is 2.26. The third kappa shape index (κ3) is 5.01. The Hall–Kier alpha value is -2.01. The van der Waals surface area contributed by atoms with Gasteiger partial charge in [-0.1, -0.05) is 17.7 Å². The summed E-state index contributed by atoms with van der Waals surface area (Å²) in [6.07, 6.45) is -5.55. The van der Waals surface area contributed by atoms with Crippen LogP contribution in [-0.2, 0) is 38.1 Å². The van der Waals surface area contributed by atoms with Gasteiger partial charge in [-0.3, -0.25) is 13.8 Å². The summed E-state index contributed by atoms with van der Waals surface area (Å²) in [5.41, 5.74) is 0.856. The second kappa shape index (κ2) is 8.12. The lowest BCUT2D eigenvalue weighted by atomic mass is 10.1. The average molecular weight is 388 g/mol. The van der Waals surface area contributed by atoms with E-state index in [0.717, 1.165) is 19.4 Å². The largest absolute Gasteiger partial charge is 0.463 e. The maximum absolute atomic E-state index is 12.5. The molecule has 1 aliphatic heterocycles. The van der Waals surface area contributed by atoms with Crippen LogP contribution in [0.15, 0.2) is 29.2 Å². The van der Waals surface area contributed by atoms with Crippen LogP contribution in [0.5, 0.6) is 0 Å². The molecule has 0 spiro atoms. The summed E-state index contributed by atoms with van der Waals surface area (Å²) < 4.78 is 45.1. The molecular weight excluding hydrogens is 368 g/mol. The zero-order valence-electron chi connectivity index (χ0n) is 14.4. The molecule has 2 rings (SSSR count). The number of ether oxygens (including phenoxy) is 3. The Kier molecular flexibility index (Phi) is 6.34. The predicted octanol–water partition coefficient (Wildman–Crippen LogP) is 0.281. The molecule has 1 fully saturated rings. The molecular formula is C16H20O9S. The number of carbonyl (C=O) groups excluding carboxylic acids is 2. The summed E-state index contributed by atoms with van der Waals surface area (Å²) in [7, 11) is -4.25. The quantitative estimate of drug-likeness (QED) is 0.540. The number of benzene rings is 1. The normalized spacial score (nSPS) is 25.7. The number of aliphatic hydroxyl groups is 1. The molecule has 144 valence electrons. The van der Waals surface area contributed by atoms with E-state index in [-0.39, 0.29) is 11.5 Å². The maximum Gasteiger partial charge on any atom is 0.303 e. The van der Waals surface area contributed by atoms with Gasteiger partial charge in [0.05, 0.1) is 4.90 Å². The van der Waals surface area contributed by atoms with Gasteiger partial charge in [-0.05, 0) is 19.1 Å². The first-order valence-corrected chi connectivity index (χ1v) is 9.15. The molecule has 10 heteroatoms. The van der Waals surface area contributed by atoms with Crippen LogP contribution in [-0.4, -0.2) is 56.7 Å². The van der Waals surface area contributed by atoms with E-state index in [1.54, 1.807) is 19.1 Å². The summed E-state index contributed by atoms with van der Waals surface area (Å²) >= 11 is 0. The molecule has 1 heterocycles. The molecule has 0 aliphatic carbocycles. The van der Waals surface area contributed by atoms with Crippen molar-refractivity contribution in [1.82, 2.24) is 0 Å². The van der Waals surface area contributed by atoms with E-state index < -0.39 is 46.7 Å². The van der Waals surface area contributed by atoms with Crippen molar-refractivity contribution >= 4 is 22.1 Å². The van der Waals surface area contributed by atoms with E-state index in [1.807, 2.05) is 0 Å². The van der Waals surface area contributed by atoms with Crippen LogP contribution in [0.2, 0.25) is 0 Å². The highest BCUT2D eigenvalue weighted by Gasteiger charge is 2.50. The van der Waals surface area contributed by atoms with Crippen LogP contribution >= 0.6 is 0 Å². The monoisotopic (exact) mass is 388 g/mol. The molecule has 26 heavy (non-hydrogen) atoms. The molecule has 4 atom stereocenters. The van der Waals surface area contributed by atoms with Crippen LogP contribution in [0.4, 0.5) is 0 Å². The molecule has 0 amide bonds. The number of rotatable bonds is 6. The lowest BCUT2D eigenvalue weighted by molar-refractivity contribution is -0.171. The van der Waals surface area contributed by atoms with E-state index in [9.17, 15) is 23.1 Å². The van der Waals surface area contributed by atoms with Crippen molar-refractivity contribution < 1.29 is 41.5 Å². The van der Waals surface area contributed by atoms with Gasteiger partial charge in [-0.25, -0.2) is 0 Å². The van der Waals surface area contributed by atoms with Gasteiger partial charge in [0, 0.05) is 13.8 Å². The Bertz CT molecular complexity index is 756. The van der Waals surface area contributed by atoms with Gasteiger partial charge >= 0.3 is 11.9 Å². The van der Waals surface area contributed by atoms with Gasteiger partial charge in [0.15, 0.2) is 12.4 Å². The summed E-state index contributed by atoms with van der Waals surface area (Å²) in [4.78, 5) is 22.1. The number of hydrogen-bond donors (Lipinski definition) is 1. The minimum Gasteiger partial charge on any atom is -0.463 e. The highest BCUT2D eigenvalue weighted by molar-refractivity contribution is 7.86. The molecule has 0 radical (unpaired) electrons. The van der Waals surface area contributed by atoms with E-state index in [1.165, 1.54) is 12.1 Å². The lowest BCUT2D eigenvalue weighted by Crippen LogP contribution is -2.41. The maximum atomic E-state index is 12.5. The second-order valence-electron chi connectivity index (χ2n) is 5.77. The van der Waals surface area contributed by atoms with Crippen molar-refractivity contribution in [3.05, 3.63) is 29.8 Å². The highest BCUT2D eigenvalue weighted by atomic mass is 32.2. The van der Waals surface area contributed by atoms with Gasteiger partial charge in [-0.2, -0.15) is 8.42 Å². The van der Waals surface area contributed by atoms with Gasteiger partial charge in [0.25, 0.3) is 10.1 Å². The highest BCUT2D eigenvalue weighted by Crippen LogP contribution is 2.29. The molecule has 0 aromatic heterocycles. The molecule has 1 saturated heterocycles. The molecule has 0 unspecified atom stereocenters. The standard InChI is InChI=1S/C16H20O9S/c1-9-4-6-12(7-5-9)26(20,21)25-14-13(8-22-10(2)17)24-16(19)15(14)23-11(3)18/h4-7,13-16,19H,8H2,1-3H3/t13-,14-,15+,16-/m0/s1. The number of aliphatic hydroxyl groups excluding tert-OH is 1. The Morgan fingerprint density at radius 1 is 1.12 bits per heavy atom. The van der Waals surface area contributed by atoms with Gasteiger partial charge in [0.1, 0.15) is 18.8 Å². The fourth-order valence-electron chi connectivity index (χ4n) is 2.38. The smallest absolute Gasteiger partial charge is 0.303 e. The molecule has 9 nitrogen and oxygen atoms in total. The fraction of sp³-hybridized carbons (Fsp3) is 0.500. The summed E-state index contributed by atoms with van der Waals surface area (Å²) in [6.45, 7) is 3.67. The fourth-order valence-corrected chi connectivity index (χ4v) is 3.49. The number of esters is 2.